The summed E-state index contributed by atoms with van der Waals surface area (Å²) < 4.78 is 0. The van der Waals surface area contributed by atoms with Crippen LogP contribution in [0.2, 0.25) is 0 Å². The molecule has 0 saturated carbocycles. The van der Waals surface area contributed by atoms with Gasteiger partial charge in [-0.15, -0.1) is 0 Å². The Morgan fingerprint density at radius 2 is 1.95 bits per heavy atom. The van der Waals surface area contributed by atoms with E-state index in [4.69, 9.17) is 5.73 Å². The van der Waals surface area contributed by atoms with Gasteiger partial charge in [-0.1, -0.05) is 13.8 Å². The normalized spacial score (nSPS) is 12.8. The minimum atomic E-state index is -0.865. The van der Waals surface area contributed by atoms with Crippen LogP contribution in [0.5, 0.6) is 11.5 Å². The van der Waals surface area contributed by atoms with Gasteiger partial charge in [-0.25, -0.2) is 0 Å². The fraction of sp³-hybridized carbons (Fsp3) is 0.429. The number of nitrogens with zero attached hydrogens (tertiary/aromatic N) is 1. The summed E-state index contributed by atoms with van der Waals surface area (Å²) in [5, 5.41) is 22.1. The summed E-state index contributed by atoms with van der Waals surface area (Å²) >= 11 is 0. The summed E-state index contributed by atoms with van der Waals surface area (Å²) in [5.41, 5.74) is 6.88. The first-order valence-corrected chi connectivity index (χ1v) is 6.49. The number of aliphatic imine (C=N–C) groups is 1. The molecule has 0 radical (unpaired) electrons. The molecule has 0 saturated heterocycles. The number of benzene rings is 1. The molecule has 1 aromatic carbocycles. The number of aromatic hydroxyl groups is 2. The second-order valence-corrected chi connectivity index (χ2v) is 4.74. The van der Waals surface area contributed by atoms with E-state index >= 15 is 0 Å². The summed E-state index contributed by atoms with van der Waals surface area (Å²) in [7, 11) is 0. The minimum Gasteiger partial charge on any atom is -0.508 e. The van der Waals surface area contributed by atoms with Crippen molar-refractivity contribution in [1.82, 2.24) is 5.32 Å². The maximum atomic E-state index is 11.3. The summed E-state index contributed by atoms with van der Waals surface area (Å²) in [6, 6.07) is 2.85. The second kappa shape index (κ2) is 6.91. The monoisotopic (exact) mass is 279 g/mol. The molecule has 20 heavy (non-hydrogen) atoms. The number of carbonyl (C=O) groups is 1. The number of amides is 1. The third kappa shape index (κ3) is 3.96. The van der Waals surface area contributed by atoms with Gasteiger partial charge in [-0.3, -0.25) is 9.79 Å². The molecule has 6 heteroatoms. The molecule has 0 heterocycles. The van der Waals surface area contributed by atoms with Crippen LogP contribution in [0.1, 0.15) is 44.0 Å². The molecule has 0 fully saturated rings. The summed E-state index contributed by atoms with van der Waals surface area (Å²) in [6.07, 6.45) is 0.228. The molecule has 0 aliphatic carbocycles. The van der Waals surface area contributed by atoms with Gasteiger partial charge in [-0.05, 0) is 24.5 Å². The molecular weight excluding hydrogens is 258 g/mol. The molecule has 0 bridgehead atoms. The maximum absolute atomic E-state index is 11.3. The van der Waals surface area contributed by atoms with E-state index in [1.165, 1.54) is 6.07 Å². The van der Waals surface area contributed by atoms with Crippen molar-refractivity contribution in [1.29, 1.82) is 0 Å². The standard InChI is InChI=1S/C14H21N3O3/c1-4-16-13(20)7-17-14(15)10-5-9(8(2)3)11(18)6-12(10)19/h5-8,14,18-19H,4,15H2,1-3H3,(H,16,20)/b17-7+. The first-order valence-electron chi connectivity index (χ1n) is 6.49. The van der Waals surface area contributed by atoms with E-state index < -0.39 is 6.17 Å². The van der Waals surface area contributed by atoms with Crippen molar-refractivity contribution in [2.45, 2.75) is 32.9 Å². The molecule has 0 aromatic heterocycles. The lowest BCUT2D eigenvalue weighted by atomic mass is 9.98. The first kappa shape index (κ1) is 16.0. The van der Waals surface area contributed by atoms with Gasteiger partial charge in [0.2, 0.25) is 0 Å². The Morgan fingerprint density at radius 3 is 2.50 bits per heavy atom. The largest absolute Gasteiger partial charge is 0.508 e. The van der Waals surface area contributed by atoms with Crippen LogP contribution in [-0.4, -0.2) is 28.9 Å². The van der Waals surface area contributed by atoms with E-state index in [-0.39, 0.29) is 23.3 Å². The Kier molecular flexibility index (Phi) is 5.52. The lowest BCUT2D eigenvalue weighted by Crippen LogP contribution is -2.24. The highest BCUT2D eigenvalue weighted by Gasteiger charge is 2.15. The van der Waals surface area contributed by atoms with Crippen LogP contribution >= 0.6 is 0 Å². The zero-order chi connectivity index (χ0) is 15.3. The van der Waals surface area contributed by atoms with E-state index in [2.05, 4.69) is 10.3 Å². The van der Waals surface area contributed by atoms with E-state index in [1.807, 2.05) is 13.8 Å². The van der Waals surface area contributed by atoms with Crippen LogP contribution in [0.25, 0.3) is 0 Å². The highest BCUT2D eigenvalue weighted by Crippen LogP contribution is 2.34. The zero-order valence-corrected chi connectivity index (χ0v) is 11.9. The minimum absolute atomic E-state index is 0.0150. The Balaban J connectivity index is 3.01. The van der Waals surface area contributed by atoms with Gasteiger partial charge in [0.05, 0.1) is 6.21 Å². The van der Waals surface area contributed by atoms with E-state index in [1.54, 1.807) is 13.0 Å². The van der Waals surface area contributed by atoms with E-state index in [0.717, 1.165) is 6.21 Å². The molecule has 1 unspecified atom stereocenters. The number of phenolic OH excluding ortho intramolecular Hbond substituents is 2. The van der Waals surface area contributed by atoms with Crippen LogP contribution in [0, 0.1) is 0 Å². The number of phenols is 2. The third-order valence-corrected chi connectivity index (χ3v) is 2.82. The topological polar surface area (TPSA) is 108 Å². The summed E-state index contributed by atoms with van der Waals surface area (Å²) in [4.78, 5) is 15.2. The molecule has 1 aromatic rings. The van der Waals surface area contributed by atoms with Crippen LogP contribution in [0.3, 0.4) is 0 Å². The molecule has 1 atom stereocenters. The van der Waals surface area contributed by atoms with Gasteiger partial charge in [0.1, 0.15) is 17.7 Å². The number of hydrogen-bond acceptors (Lipinski definition) is 5. The Hall–Kier alpha value is -2.08. The molecule has 6 nitrogen and oxygen atoms in total. The molecule has 5 N–H and O–H groups in total. The van der Waals surface area contributed by atoms with Crippen molar-refractivity contribution < 1.29 is 15.0 Å². The Bertz CT molecular complexity index is 513. The zero-order valence-electron chi connectivity index (χ0n) is 11.9. The van der Waals surface area contributed by atoms with Crippen LogP contribution in [-0.2, 0) is 4.79 Å². The highest BCUT2D eigenvalue weighted by molar-refractivity contribution is 6.26. The summed E-state index contributed by atoms with van der Waals surface area (Å²) in [6.45, 7) is 6.13. The molecule has 110 valence electrons. The molecule has 0 aliphatic heterocycles. The van der Waals surface area contributed by atoms with Crippen molar-refractivity contribution in [3.63, 3.8) is 0 Å². The smallest absolute Gasteiger partial charge is 0.262 e. The SMILES string of the molecule is CCNC(=O)/C=N/C(N)c1cc(C(C)C)c(O)cc1O. The molecular formula is C14H21N3O3. The molecule has 1 rings (SSSR count). The summed E-state index contributed by atoms with van der Waals surface area (Å²) in [5.74, 6) is -0.396. The number of hydrogen-bond donors (Lipinski definition) is 4. The van der Waals surface area contributed by atoms with Gasteiger partial charge in [0.15, 0.2) is 0 Å². The number of nitrogens with one attached hydrogen (secondary N) is 1. The van der Waals surface area contributed by atoms with Crippen LogP contribution in [0.15, 0.2) is 17.1 Å². The fourth-order valence-corrected chi connectivity index (χ4v) is 1.76. The van der Waals surface area contributed by atoms with Crippen LogP contribution in [0.4, 0.5) is 0 Å². The average molecular weight is 279 g/mol. The van der Waals surface area contributed by atoms with Crippen molar-refractivity contribution in [3.05, 3.63) is 23.3 Å². The maximum Gasteiger partial charge on any atom is 0.262 e. The second-order valence-electron chi connectivity index (χ2n) is 4.74. The quantitative estimate of drug-likeness (QED) is 0.611. The van der Waals surface area contributed by atoms with E-state index in [0.29, 0.717) is 17.7 Å². The van der Waals surface area contributed by atoms with Gasteiger partial charge < -0.3 is 21.3 Å². The lowest BCUT2D eigenvalue weighted by Gasteiger charge is -2.15. The third-order valence-electron chi connectivity index (χ3n) is 2.82. The molecule has 0 spiro atoms. The number of carbonyl (C=O) groups excluding carboxylic acids is 1. The fourth-order valence-electron chi connectivity index (χ4n) is 1.76. The Morgan fingerprint density at radius 1 is 1.35 bits per heavy atom. The highest BCUT2D eigenvalue weighted by atomic mass is 16.3. The Labute approximate surface area is 118 Å². The van der Waals surface area contributed by atoms with Gasteiger partial charge in [-0.2, -0.15) is 0 Å². The van der Waals surface area contributed by atoms with Crippen LogP contribution < -0.4 is 11.1 Å². The number of nitrogens with two attached hydrogens (primary N) is 1. The van der Waals surface area contributed by atoms with E-state index in [9.17, 15) is 15.0 Å². The predicted molar refractivity (Wildman–Crippen MR) is 78.0 cm³/mol. The molecule has 0 aliphatic rings. The van der Waals surface area contributed by atoms with Crippen molar-refractivity contribution in [3.8, 4) is 11.5 Å². The van der Waals surface area contributed by atoms with Crippen molar-refractivity contribution in [2.75, 3.05) is 6.54 Å². The lowest BCUT2D eigenvalue weighted by molar-refractivity contribution is -0.114. The predicted octanol–water partition coefficient (Wildman–Crippen LogP) is 1.39. The average Bonchev–Trinajstić information content (AvgIpc) is 2.36. The first-order chi connectivity index (χ1) is 9.36. The number of rotatable bonds is 5. The van der Waals surface area contributed by atoms with Crippen molar-refractivity contribution >= 4 is 12.1 Å². The van der Waals surface area contributed by atoms with Gasteiger partial charge in [0.25, 0.3) is 5.91 Å². The van der Waals surface area contributed by atoms with Crippen molar-refractivity contribution in [2.24, 2.45) is 10.7 Å². The molecule has 1 amide bonds. The van der Waals surface area contributed by atoms with Gasteiger partial charge >= 0.3 is 0 Å². The van der Waals surface area contributed by atoms with Gasteiger partial charge in [0, 0.05) is 18.2 Å².